The quantitative estimate of drug-likeness (QED) is 0.811. The van der Waals surface area contributed by atoms with Crippen molar-refractivity contribution in [2.75, 3.05) is 19.6 Å². The maximum absolute atomic E-state index is 11.5. The molecule has 88 valence electrons. The summed E-state index contributed by atoms with van der Waals surface area (Å²) in [6.45, 7) is 2.93. The van der Waals surface area contributed by atoms with Crippen molar-refractivity contribution in [1.82, 2.24) is 20.2 Å². The van der Waals surface area contributed by atoms with E-state index in [1.165, 1.54) is 24.4 Å². The minimum absolute atomic E-state index is 0.113. The van der Waals surface area contributed by atoms with Gasteiger partial charge < -0.3 is 10.6 Å². The Morgan fingerprint density at radius 1 is 1.69 bits per heavy atom. The Kier molecular flexibility index (Phi) is 4.24. The SMILES string of the molecule is O=C(NCCC1CCCNC1)c1csnn1. The second-order valence-corrected chi connectivity index (χ2v) is 4.66. The maximum Gasteiger partial charge on any atom is 0.272 e. The molecule has 5 nitrogen and oxygen atoms in total. The Balaban J connectivity index is 1.66. The van der Waals surface area contributed by atoms with E-state index in [4.69, 9.17) is 0 Å². The van der Waals surface area contributed by atoms with Crippen LogP contribution in [0.2, 0.25) is 0 Å². The van der Waals surface area contributed by atoms with Gasteiger partial charge in [0.15, 0.2) is 5.69 Å². The topological polar surface area (TPSA) is 66.9 Å². The molecule has 1 amide bonds. The second kappa shape index (κ2) is 5.91. The van der Waals surface area contributed by atoms with Crippen LogP contribution in [0, 0.1) is 5.92 Å². The molecule has 0 saturated carbocycles. The van der Waals surface area contributed by atoms with Crippen molar-refractivity contribution < 1.29 is 4.79 Å². The first kappa shape index (κ1) is 11.5. The average Bonchev–Trinajstić information content (AvgIpc) is 2.84. The van der Waals surface area contributed by atoms with Crippen LogP contribution in [-0.2, 0) is 0 Å². The van der Waals surface area contributed by atoms with Gasteiger partial charge in [-0.2, -0.15) is 0 Å². The molecule has 0 aliphatic carbocycles. The fourth-order valence-corrected chi connectivity index (χ4v) is 2.35. The molecule has 1 fully saturated rings. The predicted molar refractivity (Wildman–Crippen MR) is 62.5 cm³/mol. The van der Waals surface area contributed by atoms with Gasteiger partial charge in [-0.3, -0.25) is 4.79 Å². The van der Waals surface area contributed by atoms with Crippen LogP contribution in [-0.4, -0.2) is 35.1 Å². The van der Waals surface area contributed by atoms with Crippen LogP contribution in [0.1, 0.15) is 29.8 Å². The minimum Gasteiger partial charge on any atom is -0.351 e. The van der Waals surface area contributed by atoms with Gasteiger partial charge in [-0.05, 0) is 49.8 Å². The highest BCUT2D eigenvalue weighted by Crippen LogP contribution is 2.12. The first-order chi connectivity index (χ1) is 7.86. The number of rotatable bonds is 4. The van der Waals surface area contributed by atoms with Crippen molar-refractivity contribution >= 4 is 17.4 Å². The number of amides is 1. The molecule has 0 aromatic carbocycles. The number of carbonyl (C=O) groups is 1. The third-order valence-electron chi connectivity index (χ3n) is 2.83. The van der Waals surface area contributed by atoms with Gasteiger partial charge in [-0.1, -0.05) is 4.49 Å². The van der Waals surface area contributed by atoms with Crippen LogP contribution < -0.4 is 10.6 Å². The molecule has 0 bridgehead atoms. The largest absolute Gasteiger partial charge is 0.351 e. The van der Waals surface area contributed by atoms with Crippen molar-refractivity contribution in [3.8, 4) is 0 Å². The van der Waals surface area contributed by atoms with E-state index >= 15 is 0 Å². The first-order valence-corrected chi connectivity index (χ1v) is 6.46. The smallest absolute Gasteiger partial charge is 0.272 e. The standard InChI is InChI=1S/C10H16N4OS/c15-10(9-7-16-14-13-9)12-5-3-8-2-1-4-11-6-8/h7-8,11H,1-6H2,(H,12,15). The third-order valence-corrected chi connectivity index (χ3v) is 3.33. The number of nitrogens with zero attached hydrogens (tertiary/aromatic N) is 2. The molecule has 6 heteroatoms. The van der Waals surface area contributed by atoms with Crippen molar-refractivity contribution in [1.29, 1.82) is 0 Å². The summed E-state index contributed by atoms with van der Waals surface area (Å²) in [4.78, 5) is 11.5. The van der Waals surface area contributed by atoms with Gasteiger partial charge in [0.2, 0.25) is 0 Å². The lowest BCUT2D eigenvalue weighted by Gasteiger charge is -2.22. The molecule has 2 N–H and O–H groups in total. The van der Waals surface area contributed by atoms with Gasteiger partial charge in [-0.15, -0.1) is 5.10 Å². The van der Waals surface area contributed by atoms with E-state index in [9.17, 15) is 4.79 Å². The van der Waals surface area contributed by atoms with Crippen LogP contribution in [0.3, 0.4) is 0 Å². The summed E-state index contributed by atoms with van der Waals surface area (Å²) in [6, 6.07) is 0. The summed E-state index contributed by atoms with van der Waals surface area (Å²) in [5.74, 6) is 0.583. The average molecular weight is 240 g/mol. The molecule has 1 unspecified atom stereocenters. The van der Waals surface area contributed by atoms with Gasteiger partial charge in [0.05, 0.1) is 0 Å². The van der Waals surface area contributed by atoms with Crippen LogP contribution in [0.5, 0.6) is 0 Å². The van der Waals surface area contributed by atoms with Gasteiger partial charge in [-0.25, -0.2) is 0 Å². The van der Waals surface area contributed by atoms with Gasteiger partial charge in [0.1, 0.15) is 0 Å². The highest BCUT2D eigenvalue weighted by Gasteiger charge is 2.13. The van der Waals surface area contributed by atoms with Crippen molar-refractivity contribution in [2.24, 2.45) is 5.92 Å². The molecule has 1 aromatic rings. The summed E-state index contributed by atoms with van der Waals surface area (Å²) in [5, 5.41) is 11.6. The van der Waals surface area contributed by atoms with Crippen molar-refractivity contribution in [3.05, 3.63) is 11.1 Å². The van der Waals surface area contributed by atoms with Crippen LogP contribution in [0.25, 0.3) is 0 Å². The van der Waals surface area contributed by atoms with E-state index < -0.39 is 0 Å². The summed E-state index contributed by atoms with van der Waals surface area (Å²) < 4.78 is 3.66. The number of aromatic nitrogens is 2. The molecule has 1 atom stereocenters. The zero-order chi connectivity index (χ0) is 11.2. The lowest BCUT2D eigenvalue weighted by Crippen LogP contribution is -2.33. The van der Waals surface area contributed by atoms with E-state index in [0.29, 0.717) is 11.6 Å². The number of hydrogen-bond donors (Lipinski definition) is 2. The molecule has 1 saturated heterocycles. The molecule has 0 radical (unpaired) electrons. The number of nitrogens with one attached hydrogen (secondary N) is 2. The zero-order valence-electron chi connectivity index (χ0n) is 9.11. The van der Waals surface area contributed by atoms with E-state index in [0.717, 1.165) is 26.1 Å². The molecule has 1 aliphatic rings. The fourth-order valence-electron chi connectivity index (χ4n) is 1.91. The molecular formula is C10H16N4OS. The van der Waals surface area contributed by atoms with Crippen molar-refractivity contribution in [2.45, 2.75) is 19.3 Å². The van der Waals surface area contributed by atoms with Gasteiger partial charge >= 0.3 is 0 Å². The Bertz CT molecular complexity index is 322. The highest BCUT2D eigenvalue weighted by atomic mass is 32.1. The molecule has 16 heavy (non-hydrogen) atoms. The lowest BCUT2D eigenvalue weighted by molar-refractivity contribution is 0.0945. The number of hydrogen-bond acceptors (Lipinski definition) is 5. The van der Waals surface area contributed by atoms with E-state index in [1.54, 1.807) is 5.38 Å². The fraction of sp³-hybridized carbons (Fsp3) is 0.700. The molecule has 1 aromatic heterocycles. The van der Waals surface area contributed by atoms with Crippen LogP contribution in [0.4, 0.5) is 0 Å². The molecule has 2 heterocycles. The first-order valence-electron chi connectivity index (χ1n) is 5.62. The van der Waals surface area contributed by atoms with Crippen LogP contribution in [0.15, 0.2) is 5.38 Å². The lowest BCUT2D eigenvalue weighted by atomic mass is 9.96. The molecule has 2 rings (SSSR count). The summed E-state index contributed by atoms with van der Waals surface area (Å²) in [7, 11) is 0. The zero-order valence-corrected chi connectivity index (χ0v) is 9.92. The van der Waals surface area contributed by atoms with E-state index in [2.05, 4.69) is 20.2 Å². The normalized spacial score (nSPS) is 20.6. The monoisotopic (exact) mass is 240 g/mol. The van der Waals surface area contributed by atoms with Crippen LogP contribution >= 0.6 is 11.5 Å². The molecule has 0 spiro atoms. The Morgan fingerprint density at radius 2 is 2.62 bits per heavy atom. The second-order valence-electron chi connectivity index (χ2n) is 4.05. The van der Waals surface area contributed by atoms with Gasteiger partial charge in [0, 0.05) is 11.9 Å². The van der Waals surface area contributed by atoms with E-state index in [1.807, 2.05) is 0 Å². The molecule has 1 aliphatic heterocycles. The summed E-state index contributed by atoms with van der Waals surface area (Å²) in [6.07, 6.45) is 3.55. The third kappa shape index (κ3) is 3.24. The Morgan fingerprint density at radius 3 is 3.31 bits per heavy atom. The molecular weight excluding hydrogens is 224 g/mol. The summed E-state index contributed by atoms with van der Waals surface area (Å²) in [5.41, 5.74) is 0.423. The van der Waals surface area contributed by atoms with Gasteiger partial charge in [0.25, 0.3) is 5.91 Å². The Hall–Kier alpha value is -1.01. The highest BCUT2D eigenvalue weighted by molar-refractivity contribution is 7.03. The minimum atomic E-state index is -0.113. The Labute approximate surface area is 98.8 Å². The van der Waals surface area contributed by atoms with E-state index in [-0.39, 0.29) is 5.91 Å². The maximum atomic E-state index is 11.5. The number of carbonyl (C=O) groups excluding carboxylic acids is 1. The number of piperidine rings is 1. The van der Waals surface area contributed by atoms with Crippen molar-refractivity contribution in [3.63, 3.8) is 0 Å². The predicted octanol–water partition coefficient (Wildman–Crippen LogP) is 0.658. The summed E-state index contributed by atoms with van der Waals surface area (Å²) >= 11 is 1.20.